The maximum Gasteiger partial charge on any atom is 0.338 e. The lowest BCUT2D eigenvalue weighted by molar-refractivity contribution is -0.128. The van der Waals surface area contributed by atoms with E-state index in [1.807, 2.05) is 12.1 Å². The van der Waals surface area contributed by atoms with Crippen molar-refractivity contribution in [2.24, 2.45) is 0 Å². The summed E-state index contributed by atoms with van der Waals surface area (Å²) >= 11 is 0. The second-order valence-corrected chi connectivity index (χ2v) is 5.98. The van der Waals surface area contributed by atoms with Crippen molar-refractivity contribution in [3.63, 3.8) is 0 Å². The molecule has 2 aromatic carbocycles. The Morgan fingerprint density at radius 1 is 1.00 bits per heavy atom. The number of hydrogen-bond donors (Lipinski definition) is 0. The maximum absolute atomic E-state index is 12.2. The van der Waals surface area contributed by atoms with Gasteiger partial charge in [-0.3, -0.25) is 9.59 Å². The quantitative estimate of drug-likeness (QED) is 0.601. The van der Waals surface area contributed by atoms with Gasteiger partial charge < -0.3 is 9.64 Å². The molecule has 0 saturated carbocycles. The highest BCUT2D eigenvalue weighted by Crippen LogP contribution is 2.15. The van der Waals surface area contributed by atoms with Crippen LogP contribution in [0.5, 0.6) is 0 Å². The van der Waals surface area contributed by atoms with Gasteiger partial charge in [-0.2, -0.15) is 0 Å². The van der Waals surface area contributed by atoms with E-state index in [9.17, 15) is 14.4 Å². The molecule has 5 heteroatoms. The standard InChI is InChI=1S/C20H19NO4/c22-18(16-7-2-1-3-8-16)14-25-20(24)17-9-4-6-15(12-17)13-21-11-5-10-19(21)23/h1-4,6-9,12H,5,10-11,13-14H2. The van der Waals surface area contributed by atoms with Gasteiger partial charge in [0.05, 0.1) is 5.56 Å². The Morgan fingerprint density at radius 2 is 1.76 bits per heavy atom. The van der Waals surface area contributed by atoms with Gasteiger partial charge in [-0.05, 0) is 24.1 Å². The van der Waals surface area contributed by atoms with Crippen molar-refractivity contribution < 1.29 is 19.1 Å². The number of hydrogen-bond acceptors (Lipinski definition) is 4. The zero-order valence-electron chi connectivity index (χ0n) is 13.8. The largest absolute Gasteiger partial charge is 0.454 e. The third-order valence-electron chi connectivity index (χ3n) is 4.14. The molecule has 128 valence electrons. The number of nitrogens with zero attached hydrogens (tertiary/aromatic N) is 1. The number of rotatable bonds is 6. The van der Waals surface area contributed by atoms with Gasteiger partial charge in [-0.15, -0.1) is 0 Å². The van der Waals surface area contributed by atoms with Gasteiger partial charge in [-0.1, -0.05) is 42.5 Å². The molecule has 1 saturated heterocycles. The SMILES string of the molecule is O=C(COC(=O)c1cccc(CN2CCCC2=O)c1)c1ccccc1. The van der Waals surface area contributed by atoms with Crippen LogP contribution in [0.1, 0.15) is 39.1 Å². The van der Waals surface area contributed by atoms with E-state index < -0.39 is 5.97 Å². The van der Waals surface area contributed by atoms with Crippen molar-refractivity contribution in [2.75, 3.05) is 13.2 Å². The third-order valence-corrected chi connectivity index (χ3v) is 4.14. The summed E-state index contributed by atoms with van der Waals surface area (Å²) in [6.07, 6.45) is 1.46. The summed E-state index contributed by atoms with van der Waals surface area (Å²) in [4.78, 5) is 37.7. The van der Waals surface area contributed by atoms with Gasteiger partial charge in [0.1, 0.15) is 0 Å². The van der Waals surface area contributed by atoms with E-state index in [1.54, 1.807) is 47.4 Å². The Labute approximate surface area is 146 Å². The molecular formula is C20H19NO4. The van der Waals surface area contributed by atoms with E-state index in [0.29, 0.717) is 24.1 Å². The summed E-state index contributed by atoms with van der Waals surface area (Å²) in [5.74, 6) is -0.645. The number of ketones is 1. The lowest BCUT2D eigenvalue weighted by Gasteiger charge is -2.15. The predicted molar refractivity (Wildman–Crippen MR) is 92.1 cm³/mol. The third kappa shape index (κ3) is 4.32. The van der Waals surface area contributed by atoms with Crippen molar-refractivity contribution in [3.8, 4) is 0 Å². The molecule has 0 unspecified atom stereocenters. The molecule has 1 aliphatic heterocycles. The highest BCUT2D eigenvalue weighted by molar-refractivity contribution is 5.99. The summed E-state index contributed by atoms with van der Waals surface area (Å²) < 4.78 is 5.12. The molecule has 5 nitrogen and oxygen atoms in total. The summed E-state index contributed by atoms with van der Waals surface area (Å²) in [6, 6.07) is 15.7. The molecule has 25 heavy (non-hydrogen) atoms. The molecule has 0 spiro atoms. The van der Waals surface area contributed by atoms with E-state index in [2.05, 4.69) is 0 Å². The van der Waals surface area contributed by atoms with Crippen LogP contribution in [0.4, 0.5) is 0 Å². The summed E-state index contributed by atoms with van der Waals surface area (Å²) in [7, 11) is 0. The Kier molecular flexibility index (Phi) is 5.23. The van der Waals surface area contributed by atoms with Gasteiger partial charge >= 0.3 is 5.97 Å². The molecule has 2 aromatic rings. The second-order valence-electron chi connectivity index (χ2n) is 5.98. The topological polar surface area (TPSA) is 63.7 Å². The van der Waals surface area contributed by atoms with E-state index >= 15 is 0 Å². The number of Topliss-reactive ketones (excluding diaryl/α,β-unsaturated/α-hetero) is 1. The molecule has 1 aliphatic rings. The number of carbonyl (C=O) groups excluding carboxylic acids is 3. The van der Waals surface area contributed by atoms with Crippen LogP contribution in [0.15, 0.2) is 54.6 Å². The Bertz CT molecular complexity index is 785. The first kappa shape index (κ1) is 16.9. The molecule has 0 radical (unpaired) electrons. The van der Waals surface area contributed by atoms with E-state index in [4.69, 9.17) is 4.74 Å². The van der Waals surface area contributed by atoms with Crippen LogP contribution >= 0.6 is 0 Å². The second kappa shape index (κ2) is 7.75. The van der Waals surface area contributed by atoms with Gasteiger partial charge in [0.15, 0.2) is 12.4 Å². The van der Waals surface area contributed by atoms with Crippen molar-refractivity contribution >= 4 is 17.7 Å². The zero-order chi connectivity index (χ0) is 17.6. The molecule has 1 amide bonds. The lowest BCUT2D eigenvalue weighted by Crippen LogP contribution is -2.24. The molecule has 0 bridgehead atoms. The highest BCUT2D eigenvalue weighted by atomic mass is 16.5. The monoisotopic (exact) mass is 337 g/mol. The van der Waals surface area contributed by atoms with Crippen molar-refractivity contribution in [3.05, 3.63) is 71.3 Å². The normalized spacial score (nSPS) is 13.8. The molecule has 0 aliphatic carbocycles. The minimum absolute atomic E-state index is 0.140. The van der Waals surface area contributed by atoms with E-state index in [-0.39, 0.29) is 18.3 Å². The van der Waals surface area contributed by atoms with Crippen LogP contribution < -0.4 is 0 Å². The molecule has 0 atom stereocenters. The van der Waals surface area contributed by atoms with Crippen LogP contribution in [0.25, 0.3) is 0 Å². The number of amides is 1. The van der Waals surface area contributed by atoms with Crippen molar-refractivity contribution in [2.45, 2.75) is 19.4 Å². The molecule has 0 aromatic heterocycles. The number of esters is 1. The van der Waals surface area contributed by atoms with Gasteiger partial charge in [0.25, 0.3) is 0 Å². The van der Waals surface area contributed by atoms with Crippen LogP contribution in [0.2, 0.25) is 0 Å². The summed E-state index contributed by atoms with van der Waals surface area (Å²) in [6.45, 7) is 0.944. The van der Waals surface area contributed by atoms with Gasteiger partial charge in [0, 0.05) is 25.1 Å². The van der Waals surface area contributed by atoms with Crippen LogP contribution in [0, 0.1) is 0 Å². The van der Waals surface area contributed by atoms with Crippen molar-refractivity contribution in [1.82, 2.24) is 4.90 Å². The summed E-state index contributed by atoms with van der Waals surface area (Å²) in [5, 5.41) is 0. The van der Waals surface area contributed by atoms with Crippen LogP contribution in [-0.4, -0.2) is 35.7 Å². The van der Waals surface area contributed by atoms with Crippen LogP contribution in [-0.2, 0) is 16.1 Å². The predicted octanol–water partition coefficient (Wildman–Crippen LogP) is 2.85. The van der Waals surface area contributed by atoms with E-state index in [1.165, 1.54) is 0 Å². The first-order valence-electron chi connectivity index (χ1n) is 8.25. The van der Waals surface area contributed by atoms with Crippen molar-refractivity contribution in [1.29, 1.82) is 0 Å². The Balaban J connectivity index is 1.59. The minimum Gasteiger partial charge on any atom is -0.454 e. The smallest absolute Gasteiger partial charge is 0.338 e. The average Bonchev–Trinajstić information content (AvgIpc) is 3.05. The fraction of sp³-hybridized carbons (Fsp3) is 0.250. The first-order chi connectivity index (χ1) is 12.1. The molecular weight excluding hydrogens is 318 g/mol. The number of carbonyl (C=O) groups is 3. The van der Waals surface area contributed by atoms with Crippen LogP contribution in [0.3, 0.4) is 0 Å². The van der Waals surface area contributed by atoms with Gasteiger partial charge in [-0.25, -0.2) is 4.79 Å². The average molecular weight is 337 g/mol. The Morgan fingerprint density at radius 3 is 2.48 bits per heavy atom. The molecule has 1 fully saturated rings. The molecule has 1 heterocycles. The fourth-order valence-corrected chi connectivity index (χ4v) is 2.81. The highest BCUT2D eigenvalue weighted by Gasteiger charge is 2.20. The minimum atomic E-state index is -0.543. The summed E-state index contributed by atoms with van der Waals surface area (Å²) in [5.41, 5.74) is 1.76. The molecule has 0 N–H and O–H groups in total. The van der Waals surface area contributed by atoms with E-state index in [0.717, 1.165) is 18.5 Å². The lowest BCUT2D eigenvalue weighted by atomic mass is 10.1. The zero-order valence-corrected chi connectivity index (χ0v) is 13.8. The number of benzene rings is 2. The fourth-order valence-electron chi connectivity index (χ4n) is 2.81. The Hall–Kier alpha value is -2.95. The number of likely N-dealkylation sites (tertiary alicyclic amines) is 1. The van der Waals surface area contributed by atoms with Gasteiger partial charge in [0.2, 0.25) is 5.91 Å². The number of ether oxygens (including phenoxy) is 1. The maximum atomic E-state index is 12.2. The first-order valence-corrected chi connectivity index (χ1v) is 8.25. The molecule has 3 rings (SSSR count).